The second-order valence-corrected chi connectivity index (χ2v) is 5.46. The van der Waals surface area contributed by atoms with Crippen molar-refractivity contribution in [2.45, 2.75) is 26.2 Å². The van der Waals surface area contributed by atoms with Gasteiger partial charge in [-0.1, -0.05) is 23.7 Å². The quantitative estimate of drug-likeness (QED) is 0.808. The summed E-state index contributed by atoms with van der Waals surface area (Å²) in [6.45, 7) is 1.85. The Morgan fingerprint density at radius 1 is 1.19 bits per heavy atom. The van der Waals surface area contributed by atoms with E-state index in [1.165, 1.54) is 5.56 Å². The van der Waals surface area contributed by atoms with Crippen LogP contribution in [0.1, 0.15) is 24.0 Å². The Hall–Kier alpha value is -2.00. The van der Waals surface area contributed by atoms with E-state index in [-0.39, 0.29) is 11.7 Å². The smallest absolute Gasteiger partial charge is 0.224 e. The molecule has 110 valence electrons. The molecule has 0 saturated heterocycles. The van der Waals surface area contributed by atoms with Gasteiger partial charge in [0.15, 0.2) is 0 Å². The van der Waals surface area contributed by atoms with Crippen molar-refractivity contribution in [1.29, 1.82) is 0 Å². The van der Waals surface area contributed by atoms with Crippen molar-refractivity contribution in [2.75, 3.05) is 5.32 Å². The van der Waals surface area contributed by atoms with Crippen molar-refractivity contribution in [2.24, 2.45) is 0 Å². The lowest BCUT2D eigenvalue weighted by atomic mass is 10.1. The zero-order valence-corrected chi connectivity index (χ0v) is 12.7. The molecule has 21 heavy (non-hydrogen) atoms. The summed E-state index contributed by atoms with van der Waals surface area (Å²) in [6.07, 6.45) is 2.09. The van der Waals surface area contributed by atoms with Crippen molar-refractivity contribution in [3.8, 4) is 5.75 Å². The molecule has 0 unspecified atom stereocenters. The van der Waals surface area contributed by atoms with Gasteiger partial charge in [-0.2, -0.15) is 0 Å². The molecule has 2 N–H and O–H groups in total. The van der Waals surface area contributed by atoms with Gasteiger partial charge >= 0.3 is 0 Å². The number of amides is 1. The number of carbonyl (C=O) groups excluding carboxylic acids is 1. The Labute approximate surface area is 129 Å². The number of aryl methyl sites for hydroxylation is 2. The lowest BCUT2D eigenvalue weighted by molar-refractivity contribution is -0.116. The molecule has 0 aromatic heterocycles. The van der Waals surface area contributed by atoms with Gasteiger partial charge in [-0.3, -0.25) is 4.79 Å². The van der Waals surface area contributed by atoms with Crippen molar-refractivity contribution in [3.05, 3.63) is 58.6 Å². The summed E-state index contributed by atoms with van der Waals surface area (Å²) >= 11 is 5.83. The summed E-state index contributed by atoms with van der Waals surface area (Å²) in [6, 6.07) is 12.6. The van der Waals surface area contributed by atoms with Crippen LogP contribution in [0.4, 0.5) is 5.69 Å². The fourth-order valence-corrected chi connectivity index (χ4v) is 2.23. The Morgan fingerprint density at radius 3 is 2.57 bits per heavy atom. The van der Waals surface area contributed by atoms with Crippen molar-refractivity contribution in [1.82, 2.24) is 0 Å². The van der Waals surface area contributed by atoms with Crippen molar-refractivity contribution in [3.63, 3.8) is 0 Å². The zero-order chi connectivity index (χ0) is 15.2. The molecule has 0 fully saturated rings. The molecule has 0 bridgehead atoms. The fourth-order valence-electron chi connectivity index (χ4n) is 2.10. The molecule has 4 heteroatoms. The predicted octanol–water partition coefficient (Wildman–Crippen LogP) is 4.32. The van der Waals surface area contributed by atoms with Crippen LogP contribution >= 0.6 is 11.6 Å². The minimum Gasteiger partial charge on any atom is -0.508 e. The average molecular weight is 304 g/mol. The highest BCUT2D eigenvalue weighted by molar-refractivity contribution is 6.30. The first-order valence-corrected chi connectivity index (χ1v) is 7.26. The summed E-state index contributed by atoms with van der Waals surface area (Å²) < 4.78 is 0. The molecule has 0 saturated carbocycles. The van der Waals surface area contributed by atoms with E-state index in [9.17, 15) is 9.90 Å². The van der Waals surface area contributed by atoms with Crippen LogP contribution < -0.4 is 5.32 Å². The Balaban J connectivity index is 1.81. The highest BCUT2D eigenvalue weighted by Crippen LogP contribution is 2.20. The molecule has 2 aromatic carbocycles. The van der Waals surface area contributed by atoms with E-state index < -0.39 is 0 Å². The van der Waals surface area contributed by atoms with Gasteiger partial charge in [0.1, 0.15) is 5.75 Å². The summed E-state index contributed by atoms with van der Waals surface area (Å²) in [7, 11) is 0. The first-order chi connectivity index (χ1) is 10.0. The lowest BCUT2D eigenvalue weighted by Gasteiger charge is -2.08. The zero-order valence-electron chi connectivity index (χ0n) is 11.9. The van der Waals surface area contributed by atoms with E-state index in [0.29, 0.717) is 6.42 Å². The molecule has 3 nitrogen and oxygen atoms in total. The van der Waals surface area contributed by atoms with Crippen LogP contribution in [0.2, 0.25) is 5.02 Å². The van der Waals surface area contributed by atoms with Gasteiger partial charge in [0.05, 0.1) is 0 Å². The van der Waals surface area contributed by atoms with Crippen LogP contribution in [0, 0.1) is 6.92 Å². The van der Waals surface area contributed by atoms with Crippen LogP contribution in [0.5, 0.6) is 5.75 Å². The normalized spacial score (nSPS) is 10.4. The van der Waals surface area contributed by atoms with Crippen LogP contribution in [0.25, 0.3) is 0 Å². The third-order valence-electron chi connectivity index (χ3n) is 3.27. The number of benzene rings is 2. The third kappa shape index (κ3) is 4.80. The second-order valence-electron chi connectivity index (χ2n) is 5.03. The van der Waals surface area contributed by atoms with Gasteiger partial charge in [-0.05, 0) is 61.2 Å². The van der Waals surface area contributed by atoms with E-state index in [2.05, 4.69) is 5.32 Å². The first-order valence-electron chi connectivity index (χ1n) is 6.88. The summed E-state index contributed by atoms with van der Waals surface area (Å²) in [5.41, 5.74) is 2.76. The Bertz CT molecular complexity index is 623. The van der Waals surface area contributed by atoms with E-state index in [0.717, 1.165) is 29.1 Å². The SMILES string of the molecule is Cc1cc(O)ccc1NC(=O)CCCc1ccc(Cl)cc1. The molecule has 0 heterocycles. The summed E-state index contributed by atoms with van der Waals surface area (Å²) in [4.78, 5) is 11.9. The number of nitrogens with one attached hydrogen (secondary N) is 1. The molecule has 2 rings (SSSR count). The van der Waals surface area contributed by atoms with E-state index in [1.807, 2.05) is 31.2 Å². The summed E-state index contributed by atoms with van der Waals surface area (Å²) in [5, 5.41) is 12.9. The molecule has 1 amide bonds. The number of aromatic hydroxyl groups is 1. The second kappa shape index (κ2) is 7.14. The molecular weight excluding hydrogens is 286 g/mol. The molecule has 0 aliphatic heterocycles. The highest BCUT2D eigenvalue weighted by Gasteiger charge is 2.05. The number of anilines is 1. The maximum absolute atomic E-state index is 11.9. The van der Waals surface area contributed by atoms with Gasteiger partial charge < -0.3 is 10.4 Å². The number of hydrogen-bond acceptors (Lipinski definition) is 2. The lowest BCUT2D eigenvalue weighted by Crippen LogP contribution is -2.12. The van der Waals surface area contributed by atoms with Gasteiger partial charge in [-0.25, -0.2) is 0 Å². The molecule has 0 radical (unpaired) electrons. The van der Waals surface area contributed by atoms with E-state index >= 15 is 0 Å². The standard InChI is InChI=1S/C17H18ClNO2/c1-12-11-15(20)9-10-16(12)19-17(21)4-2-3-13-5-7-14(18)8-6-13/h5-11,20H,2-4H2,1H3,(H,19,21). The number of halogens is 1. The van der Waals surface area contributed by atoms with Crippen LogP contribution in [-0.4, -0.2) is 11.0 Å². The van der Waals surface area contributed by atoms with Gasteiger partial charge in [0.2, 0.25) is 5.91 Å². The van der Waals surface area contributed by atoms with Gasteiger partial charge in [0, 0.05) is 17.1 Å². The summed E-state index contributed by atoms with van der Waals surface area (Å²) in [5.74, 6) is 0.186. The Kier molecular flexibility index (Phi) is 5.23. The molecule has 0 spiro atoms. The molecule has 0 atom stereocenters. The van der Waals surface area contributed by atoms with Gasteiger partial charge in [0.25, 0.3) is 0 Å². The average Bonchev–Trinajstić information content (AvgIpc) is 2.44. The van der Waals surface area contributed by atoms with E-state index in [1.54, 1.807) is 18.2 Å². The fraction of sp³-hybridized carbons (Fsp3) is 0.235. The van der Waals surface area contributed by atoms with E-state index in [4.69, 9.17) is 11.6 Å². The number of hydrogen-bond donors (Lipinski definition) is 2. The first kappa shape index (κ1) is 15.4. The minimum absolute atomic E-state index is 0.0160. The van der Waals surface area contributed by atoms with Crippen molar-refractivity contribution >= 4 is 23.2 Å². The van der Waals surface area contributed by atoms with Gasteiger partial charge in [-0.15, -0.1) is 0 Å². The number of carbonyl (C=O) groups is 1. The monoisotopic (exact) mass is 303 g/mol. The van der Waals surface area contributed by atoms with Crippen LogP contribution in [0.15, 0.2) is 42.5 Å². The van der Waals surface area contributed by atoms with Crippen molar-refractivity contribution < 1.29 is 9.90 Å². The van der Waals surface area contributed by atoms with Crippen LogP contribution in [0.3, 0.4) is 0 Å². The topological polar surface area (TPSA) is 49.3 Å². The molecule has 2 aromatic rings. The Morgan fingerprint density at radius 2 is 1.90 bits per heavy atom. The molecule has 0 aliphatic carbocycles. The minimum atomic E-state index is -0.0160. The maximum Gasteiger partial charge on any atom is 0.224 e. The third-order valence-corrected chi connectivity index (χ3v) is 3.52. The number of rotatable bonds is 5. The molecular formula is C17H18ClNO2. The number of phenols is 1. The predicted molar refractivity (Wildman–Crippen MR) is 85.9 cm³/mol. The maximum atomic E-state index is 11.9. The van der Waals surface area contributed by atoms with Crippen LogP contribution in [-0.2, 0) is 11.2 Å². The highest BCUT2D eigenvalue weighted by atomic mass is 35.5. The largest absolute Gasteiger partial charge is 0.508 e. The number of phenolic OH excluding ortho intramolecular Hbond substituents is 1. The molecule has 0 aliphatic rings.